The third-order valence-corrected chi connectivity index (χ3v) is 3.59. The van der Waals surface area contributed by atoms with Crippen LogP contribution in [0, 0.1) is 0 Å². The Morgan fingerprint density at radius 2 is 1.76 bits per heavy atom. The van der Waals surface area contributed by atoms with E-state index < -0.39 is 5.91 Å². The van der Waals surface area contributed by atoms with Crippen molar-refractivity contribution in [1.29, 1.82) is 0 Å². The van der Waals surface area contributed by atoms with E-state index in [0.717, 1.165) is 0 Å². The van der Waals surface area contributed by atoms with Gasteiger partial charge in [0, 0.05) is 29.1 Å². The molecule has 6 nitrogen and oxygen atoms in total. The Kier molecular flexibility index (Phi) is 6.80. The first kappa shape index (κ1) is 18.8. The van der Waals surface area contributed by atoms with Crippen molar-refractivity contribution in [3.05, 3.63) is 58.1 Å². The Bertz CT molecular complexity index is 795. The molecular weight excluding hydrogens is 365 g/mol. The number of anilines is 1. The van der Waals surface area contributed by atoms with E-state index in [-0.39, 0.29) is 35.1 Å². The third-order valence-electron chi connectivity index (χ3n) is 3.09. The van der Waals surface area contributed by atoms with E-state index in [1.54, 1.807) is 24.3 Å². The zero-order valence-electron chi connectivity index (χ0n) is 13.0. The Morgan fingerprint density at radius 1 is 1.08 bits per heavy atom. The first-order valence-electron chi connectivity index (χ1n) is 7.30. The predicted octanol–water partition coefficient (Wildman–Crippen LogP) is 3.57. The summed E-state index contributed by atoms with van der Waals surface area (Å²) < 4.78 is 0. The van der Waals surface area contributed by atoms with Gasteiger partial charge in [-0.15, -0.1) is 0 Å². The Labute approximate surface area is 154 Å². The molecule has 2 aromatic carbocycles. The molecule has 0 saturated heterocycles. The van der Waals surface area contributed by atoms with Crippen molar-refractivity contribution >= 4 is 46.9 Å². The van der Waals surface area contributed by atoms with Gasteiger partial charge in [0.15, 0.2) is 0 Å². The molecule has 0 fully saturated rings. The summed E-state index contributed by atoms with van der Waals surface area (Å²) in [5.41, 5.74) is 3.20. The monoisotopic (exact) mass is 379 g/mol. The topological polar surface area (TPSA) is 90.8 Å². The highest BCUT2D eigenvalue weighted by atomic mass is 35.5. The van der Waals surface area contributed by atoms with Gasteiger partial charge in [-0.1, -0.05) is 41.4 Å². The van der Waals surface area contributed by atoms with Crippen molar-refractivity contribution in [2.24, 2.45) is 5.10 Å². The summed E-state index contributed by atoms with van der Waals surface area (Å²) in [4.78, 5) is 23.4. The average Bonchev–Trinajstić information content (AvgIpc) is 2.58. The van der Waals surface area contributed by atoms with Crippen molar-refractivity contribution in [1.82, 2.24) is 5.43 Å². The summed E-state index contributed by atoms with van der Waals surface area (Å²) in [5.74, 6) is -0.900. The van der Waals surface area contributed by atoms with Crippen LogP contribution in [0.25, 0.3) is 0 Å². The lowest BCUT2D eigenvalue weighted by molar-refractivity contribution is -0.124. The van der Waals surface area contributed by atoms with Crippen LogP contribution in [0.4, 0.5) is 5.69 Å². The highest BCUT2D eigenvalue weighted by Crippen LogP contribution is 2.29. The molecular formula is C17H15Cl2N3O3. The fraction of sp³-hybridized carbons (Fsp3) is 0.118. The van der Waals surface area contributed by atoms with E-state index in [0.29, 0.717) is 10.7 Å². The van der Waals surface area contributed by atoms with Gasteiger partial charge in [-0.25, -0.2) is 5.43 Å². The van der Waals surface area contributed by atoms with Gasteiger partial charge < -0.3 is 10.4 Å². The molecule has 2 rings (SSSR count). The van der Waals surface area contributed by atoms with Gasteiger partial charge in [-0.05, 0) is 24.3 Å². The molecule has 0 aromatic heterocycles. The molecule has 0 aliphatic heterocycles. The van der Waals surface area contributed by atoms with Crippen LogP contribution >= 0.6 is 23.2 Å². The highest BCUT2D eigenvalue weighted by Gasteiger charge is 2.08. The zero-order chi connectivity index (χ0) is 18.2. The fourth-order valence-electron chi connectivity index (χ4n) is 1.89. The highest BCUT2D eigenvalue weighted by molar-refractivity contribution is 6.36. The van der Waals surface area contributed by atoms with E-state index in [9.17, 15) is 14.7 Å². The number of carbonyl (C=O) groups excluding carboxylic acids is 2. The number of carbonyl (C=O) groups is 2. The summed E-state index contributed by atoms with van der Waals surface area (Å²) in [5, 5.41) is 16.6. The SMILES string of the molecule is O=C(CCC(=O)Nc1ccccc1)NN=Cc1cc(Cl)cc(Cl)c1O. The van der Waals surface area contributed by atoms with Crippen molar-refractivity contribution in [3.8, 4) is 5.75 Å². The number of hydrazone groups is 1. The Morgan fingerprint density at radius 3 is 2.48 bits per heavy atom. The minimum Gasteiger partial charge on any atom is -0.506 e. The van der Waals surface area contributed by atoms with E-state index in [1.807, 2.05) is 6.07 Å². The number of nitrogens with one attached hydrogen (secondary N) is 2. The number of rotatable bonds is 6. The maximum absolute atomic E-state index is 11.7. The van der Waals surface area contributed by atoms with E-state index >= 15 is 0 Å². The maximum atomic E-state index is 11.7. The molecule has 2 aromatic rings. The number of hydrogen-bond donors (Lipinski definition) is 3. The summed E-state index contributed by atoms with van der Waals surface area (Å²) in [6, 6.07) is 11.8. The second kappa shape index (κ2) is 9.05. The number of hydrogen-bond acceptors (Lipinski definition) is 4. The molecule has 0 aliphatic rings. The maximum Gasteiger partial charge on any atom is 0.240 e. The molecule has 0 unspecified atom stereocenters. The van der Waals surface area contributed by atoms with Gasteiger partial charge in [-0.3, -0.25) is 9.59 Å². The molecule has 25 heavy (non-hydrogen) atoms. The fourth-order valence-corrected chi connectivity index (χ4v) is 2.40. The lowest BCUT2D eigenvalue weighted by atomic mass is 10.2. The molecule has 2 amide bonds. The molecule has 0 atom stereocenters. The molecule has 0 aliphatic carbocycles. The van der Waals surface area contributed by atoms with Gasteiger partial charge in [0.05, 0.1) is 11.2 Å². The van der Waals surface area contributed by atoms with Gasteiger partial charge >= 0.3 is 0 Å². The summed E-state index contributed by atoms with van der Waals surface area (Å²) in [6.45, 7) is 0. The summed E-state index contributed by atoms with van der Waals surface area (Å²) in [7, 11) is 0. The Hall–Kier alpha value is -2.57. The van der Waals surface area contributed by atoms with Crippen molar-refractivity contribution < 1.29 is 14.7 Å². The molecule has 0 radical (unpaired) electrons. The largest absolute Gasteiger partial charge is 0.506 e. The van der Waals surface area contributed by atoms with E-state index in [1.165, 1.54) is 18.3 Å². The van der Waals surface area contributed by atoms with Crippen molar-refractivity contribution in [2.75, 3.05) is 5.32 Å². The van der Waals surface area contributed by atoms with E-state index in [2.05, 4.69) is 15.8 Å². The van der Waals surface area contributed by atoms with E-state index in [4.69, 9.17) is 23.2 Å². The first-order valence-corrected chi connectivity index (χ1v) is 8.06. The zero-order valence-corrected chi connectivity index (χ0v) is 14.5. The number of para-hydroxylation sites is 1. The average molecular weight is 380 g/mol. The molecule has 0 bridgehead atoms. The lowest BCUT2D eigenvalue weighted by Crippen LogP contribution is -2.20. The van der Waals surface area contributed by atoms with Crippen molar-refractivity contribution in [3.63, 3.8) is 0 Å². The standard InChI is InChI=1S/C17H15Cl2N3O3/c18-12-8-11(17(25)14(19)9-12)10-20-22-16(24)7-6-15(23)21-13-4-2-1-3-5-13/h1-5,8-10,25H,6-7H2,(H,21,23)(H,22,24). The number of phenolic OH excluding ortho intramolecular Hbond substituents is 1. The molecule has 8 heteroatoms. The number of halogens is 2. The van der Waals surface area contributed by atoms with Crippen LogP contribution in [-0.2, 0) is 9.59 Å². The number of benzene rings is 2. The number of nitrogens with zero attached hydrogens (tertiary/aromatic N) is 1. The normalized spacial score (nSPS) is 10.6. The van der Waals surface area contributed by atoms with Gasteiger partial charge in [-0.2, -0.15) is 5.10 Å². The molecule has 0 spiro atoms. The molecule has 130 valence electrons. The van der Waals surface area contributed by atoms with Crippen LogP contribution in [0.5, 0.6) is 5.75 Å². The Balaban J connectivity index is 1.80. The molecule has 0 heterocycles. The predicted molar refractivity (Wildman–Crippen MR) is 98.2 cm³/mol. The summed E-state index contributed by atoms with van der Waals surface area (Å²) >= 11 is 11.6. The minimum atomic E-state index is -0.438. The van der Waals surface area contributed by atoms with Gasteiger partial charge in [0.2, 0.25) is 11.8 Å². The van der Waals surface area contributed by atoms with Gasteiger partial charge in [0.25, 0.3) is 0 Å². The first-order chi connectivity index (χ1) is 12.0. The van der Waals surface area contributed by atoms with Crippen LogP contribution < -0.4 is 10.7 Å². The van der Waals surface area contributed by atoms with Crippen LogP contribution in [0.2, 0.25) is 10.0 Å². The van der Waals surface area contributed by atoms with Crippen molar-refractivity contribution in [2.45, 2.75) is 12.8 Å². The van der Waals surface area contributed by atoms with Crippen LogP contribution in [0.1, 0.15) is 18.4 Å². The number of aromatic hydroxyl groups is 1. The smallest absolute Gasteiger partial charge is 0.240 e. The van der Waals surface area contributed by atoms with Crippen LogP contribution in [0.3, 0.4) is 0 Å². The van der Waals surface area contributed by atoms with Gasteiger partial charge in [0.1, 0.15) is 5.75 Å². The quantitative estimate of drug-likeness (QED) is 0.529. The summed E-state index contributed by atoms with van der Waals surface area (Å²) in [6.07, 6.45) is 1.21. The molecule has 0 saturated carbocycles. The molecule has 3 N–H and O–H groups in total. The third kappa shape index (κ3) is 6.10. The lowest BCUT2D eigenvalue weighted by Gasteiger charge is -2.04. The van der Waals surface area contributed by atoms with Crippen LogP contribution in [0.15, 0.2) is 47.6 Å². The second-order valence-corrected chi connectivity index (χ2v) is 5.88. The number of amides is 2. The van der Waals surface area contributed by atoms with Crippen LogP contribution in [-0.4, -0.2) is 23.1 Å². The minimum absolute atomic E-state index is 0.0183. The number of phenols is 1. The second-order valence-electron chi connectivity index (χ2n) is 5.03.